The van der Waals surface area contributed by atoms with Gasteiger partial charge in [-0.25, -0.2) is 0 Å². The number of aromatic hydroxyl groups is 1. The molecule has 6 nitrogen and oxygen atoms in total. The Bertz CT molecular complexity index is 713. The lowest BCUT2D eigenvalue weighted by Crippen LogP contribution is -2.29. The lowest BCUT2D eigenvalue weighted by molar-refractivity contribution is -0.133. The van der Waals surface area contributed by atoms with Crippen molar-refractivity contribution in [2.75, 3.05) is 17.7 Å². The van der Waals surface area contributed by atoms with Crippen LogP contribution in [-0.2, 0) is 9.59 Å². The van der Waals surface area contributed by atoms with Crippen molar-refractivity contribution in [2.45, 2.75) is 6.92 Å². The predicted octanol–water partition coefficient (Wildman–Crippen LogP) is 2.29. The summed E-state index contributed by atoms with van der Waals surface area (Å²) in [6.07, 6.45) is 0. The predicted molar refractivity (Wildman–Crippen MR) is 83.1 cm³/mol. The van der Waals surface area contributed by atoms with Crippen molar-refractivity contribution in [3.63, 3.8) is 0 Å². The number of phenolic OH excluding ortho intramolecular Hbond substituents is 1. The third kappa shape index (κ3) is 3.54. The Labute approximate surface area is 127 Å². The molecule has 22 heavy (non-hydrogen) atoms. The fraction of sp³-hybridized carbons (Fsp3) is 0.125. The molecular weight excluding hydrogens is 284 g/mol. The number of hydrogen-bond acceptors (Lipinski definition) is 4. The van der Waals surface area contributed by atoms with Gasteiger partial charge in [0.1, 0.15) is 11.5 Å². The van der Waals surface area contributed by atoms with E-state index in [0.717, 1.165) is 5.56 Å². The van der Waals surface area contributed by atoms with Gasteiger partial charge in [-0.1, -0.05) is 18.2 Å². The molecular formula is C16H16N2O4. The number of phenols is 1. The molecule has 2 aromatic rings. The second kappa shape index (κ2) is 6.62. The van der Waals surface area contributed by atoms with Crippen LogP contribution in [0.25, 0.3) is 0 Å². The van der Waals surface area contributed by atoms with E-state index in [2.05, 4.69) is 10.6 Å². The summed E-state index contributed by atoms with van der Waals surface area (Å²) in [5.41, 5.74) is 1.40. The van der Waals surface area contributed by atoms with Gasteiger partial charge in [0.2, 0.25) is 0 Å². The molecule has 0 aromatic heterocycles. The van der Waals surface area contributed by atoms with Crippen LogP contribution in [0.1, 0.15) is 5.56 Å². The maximum absolute atomic E-state index is 11.9. The molecule has 2 amide bonds. The third-order valence-corrected chi connectivity index (χ3v) is 2.96. The highest BCUT2D eigenvalue weighted by Gasteiger charge is 2.17. The quantitative estimate of drug-likeness (QED) is 0.599. The van der Waals surface area contributed by atoms with Gasteiger partial charge in [0, 0.05) is 0 Å². The summed E-state index contributed by atoms with van der Waals surface area (Å²) in [5.74, 6) is -1.39. The maximum atomic E-state index is 11.9. The fourth-order valence-corrected chi connectivity index (χ4v) is 1.85. The SMILES string of the molecule is COc1ccccc1NC(=O)C(=O)Nc1ccc(C)cc1O. The normalized spacial score (nSPS) is 9.91. The number of benzene rings is 2. The highest BCUT2D eigenvalue weighted by atomic mass is 16.5. The van der Waals surface area contributed by atoms with Gasteiger partial charge in [0.15, 0.2) is 0 Å². The zero-order chi connectivity index (χ0) is 16.1. The van der Waals surface area contributed by atoms with Gasteiger partial charge in [-0.2, -0.15) is 0 Å². The van der Waals surface area contributed by atoms with Gasteiger partial charge in [-0.15, -0.1) is 0 Å². The smallest absolute Gasteiger partial charge is 0.314 e. The van der Waals surface area contributed by atoms with Crippen LogP contribution in [-0.4, -0.2) is 24.0 Å². The van der Waals surface area contributed by atoms with Gasteiger partial charge in [0.05, 0.1) is 18.5 Å². The number of carbonyl (C=O) groups excluding carboxylic acids is 2. The Morgan fingerprint density at radius 1 is 1.00 bits per heavy atom. The molecule has 0 aliphatic heterocycles. The number of aryl methyl sites for hydroxylation is 1. The first-order chi connectivity index (χ1) is 10.5. The molecule has 0 atom stereocenters. The molecule has 0 fully saturated rings. The van der Waals surface area contributed by atoms with Gasteiger partial charge in [0.25, 0.3) is 0 Å². The first kappa shape index (κ1) is 15.4. The first-order valence-electron chi connectivity index (χ1n) is 6.56. The molecule has 0 unspecified atom stereocenters. The lowest BCUT2D eigenvalue weighted by Gasteiger charge is -2.10. The standard InChI is InChI=1S/C16H16N2O4/c1-10-7-8-11(13(19)9-10)17-15(20)16(21)18-12-5-3-4-6-14(12)22-2/h3-9,19H,1-2H3,(H,17,20)(H,18,21). The Morgan fingerprint density at radius 3 is 2.27 bits per heavy atom. The van der Waals surface area contributed by atoms with E-state index in [1.165, 1.54) is 19.2 Å². The number of nitrogens with one attached hydrogen (secondary N) is 2. The van der Waals surface area contributed by atoms with Crippen molar-refractivity contribution < 1.29 is 19.4 Å². The van der Waals surface area contributed by atoms with Crippen molar-refractivity contribution in [1.82, 2.24) is 0 Å². The van der Waals surface area contributed by atoms with Crippen LogP contribution in [0.5, 0.6) is 11.5 Å². The number of para-hydroxylation sites is 2. The second-order valence-electron chi connectivity index (χ2n) is 4.63. The average molecular weight is 300 g/mol. The Kier molecular flexibility index (Phi) is 4.63. The summed E-state index contributed by atoms with van der Waals surface area (Å²) < 4.78 is 5.09. The van der Waals surface area contributed by atoms with E-state index in [-0.39, 0.29) is 11.4 Å². The number of anilines is 2. The highest BCUT2D eigenvalue weighted by Crippen LogP contribution is 2.25. The van der Waals surface area contributed by atoms with E-state index in [1.54, 1.807) is 37.3 Å². The Hall–Kier alpha value is -3.02. The molecule has 0 saturated heterocycles. The van der Waals surface area contributed by atoms with Crippen molar-refractivity contribution in [3.05, 3.63) is 48.0 Å². The highest BCUT2D eigenvalue weighted by molar-refractivity contribution is 6.43. The summed E-state index contributed by atoms with van der Waals surface area (Å²) in [4.78, 5) is 23.8. The number of hydrogen-bond donors (Lipinski definition) is 3. The molecule has 2 rings (SSSR count). The Balaban J connectivity index is 2.08. The zero-order valence-corrected chi connectivity index (χ0v) is 12.2. The number of rotatable bonds is 3. The van der Waals surface area contributed by atoms with E-state index in [4.69, 9.17) is 4.74 Å². The van der Waals surface area contributed by atoms with Gasteiger partial charge in [-0.3, -0.25) is 9.59 Å². The largest absolute Gasteiger partial charge is 0.506 e. The molecule has 0 saturated carbocycles. The average Bonchev–Trinajstić information content (AvgIpc) is 2.50. The Morgan fingerprint density at radius 2 is 1.64 bits per heavy atom. The molecule has 6 heteroatoms. The molecule has 114 valence electrons. The van der Waals surface area contributed by atoms with E-state index < -0.39 is 11.8 Å². The molecule has 0 aliphatic rings. The molecule has 2 aromatic carbocycles. The van der Waals surface area contributed by atoms with Crippen molar-refractivity contribution >= 4 is 23.2 Å². The van der Waals surface area contributed by atoms with Crippen LogP contribution in [0.15, 0.2) is 42.5 Å². The topological polar surface area (TPSA) is 87.7 Å². The summed E-state index contributed by atoms with van der Waals surface area (Å²) in [6, 6.07) is 11.5. The fourth-order valence-electron chi connectivity index (χ4n) is 1.85. The maximum Gasteiger partial charge on any atom is 0.314 e. The first-order valence-corrected chi connectivity index (χ1v) is 6.56. The summed E-state index contributed by atoms with van der Waals surface area (Å²) in [6.45, 7) is 1.81. The molecule has 0 spiro atoms. The third-order valence-electron chi connectivity index (χ3n) is 2.96. The van der Waals surface area contributed by atoms with Crippen LogP contribution in [0.3, 0.4) is 0 Å². The molecule has 0 aliphatic carbocycles. The summed E-state index contributed by atoms with van der Waals surface area (Å²) in [5, 5.41) is 14.5. The van der Waals surface area contributed by atoms with Crippen molar-refractivity contribution in [1.29, 1.82) is 0 Å². The van der Waals surface area contributed by atoms with Crippen molar-refractivity contribution in [2.24, 2.45) is 0 Å². The number of methoxy groups -OCH3 is 1. The minimum absolute atomic E-state index is 0.0987. The minimum atomic E-state index is -0.884. The van der Waals surface area contributed by atoms with Crippen LogP contribution in [0, 0.1) is 6.92 Å². The zero-order valence-electron chi connectivity index (χ0n) is 12.2. The van der Waals surface area contributed by atoms with E-state index in [1.807, 2.05) is 0 Å². The molecule has 0 bridgehead atoms. The van der Waals surface area contributed by atoms with Crippen LogP contribution >= 0.6 is 0 Å². The molecule has 0 heterocycles. The number of ether oxygens (including phenoxy) is 1. The second-order valence-corrected chi connectivity index (χ2v) is 4.63. The van der Waals surface area contributed by atoms with Gasteiger partial charge >= 0.3 is 11.8 Å². The van der Waals surface area contributed by atoms with E-state index in [9.17, 15) is 14.7 Å². The number of carbonyl (C=O) groups is 2. The van der Waals surface area contributed by atoms with Crippen LogP contribution < -0.4 is 15.4 Å². The molecule has 3 N–H and O–H groups in total. The lowest BCUT2D eigenvalue weighted by atomic mass is 10.2. The van der Waals surface area contributed by atoms with E-state index in [0.29, 0.717) is 11.4 Å². The van der Waals surface area contributed by atoms with Crippen LogP contribution in [0.4, 0.5) is 11.4 Å². The van der Waals surface area contributed by atoms with Crippen molar-refractivity contribution in [3.8, 4) is 11.5 Å². The van der Waals surface area contributed by atoms with Gasteiger partial charge in [-0.05, 0) is 36.8 Å². The summed E-state index contributed by atoms with van der Waals surface area (Å²) in [7, 11) is 1.47. The van der Waals surface area contributed by atoms with Gasteiger partial charge < -0.3 is 20.5 Å². The number of amides is 2. The minimum Gasteiger partial charge on any atom is -0.506 e. The van der Waals surface area contributed by atoms with E-state index >= 15 is 0 Å². The van der Waals surface area contributed by atoms with Crippen LogP contribution in [0.2, 0.25) is 0 Å². The summed E-state index contributed by atoms with van der Waals surface area (Å²) >= 11 is 0. The molecule has 0 radical (unpaired) electrons. The monoisotopic (exact) mass is 300 g/mol.